The van der Waals surface area contributed by atoms with Crippen molar-refractivity contribution in [1.82, 2.24) is 0 Å². The lowest BCUT2D eigenvalue weighted by Gasteiger charge is -2.10. The molecule has 0 spiro atoms. The summed E-state index contributed by atoms with van der Waals surface area (Å²) in [5, 5.41) is 9.13. The average molecular weight is 190 g/mol. The largest absolute Gasteiger partial charge is 0.460 e. The Bertz CT molecular complexity index is 157. The molecule has 0 aliphatic rings. The molecule has 0 amide bonds. The van der Waals surface area contributed by atoms with Crippen LogP contribution in [-0.2, 0) is 19.0 Å². The van der Waals surface area contributed by atoms with E-state index >= 15 is 0 Å². The molecule has 0 aromatic heterocycles. The van der Waals surface area contributed by atoms with Gasteiger partial charge in [0.05, 0.1) is 6.61 Å². The van der Waals surface area contributed by atoms with Crippen molar-refractivity contribution in [3.8, 4) is 0 Å². The van der Waals surface area contributed by atoms with Crippen LogP contribution in [0.2, 0.25) is 0 Å². The van der Waals surface area contributed by atoms with Gasteiger partial charge in [-0.1, -0.05) is 6.58 Å². The molecule has 0 aliphatic heterocycles. The van der Waals surface area contributed by atoms with Crippen molar-refractivity contribution in [3.05, 3.63) is 12.7 Å². The van der Waals surface area contributed by atoms with Gasteiger partial charge in [-0.2, -0.15) is 0 Å². The van der Waals surface area contributed by atoms with Gasteiger partial charge < -0.3 is 19.3 Å². The molecule has 0 bridgehead atoms. The molecule has 76 valence electrons. The second-order valence-electron chi connectivity index (χ2n) is 2.27. The molecule has 13 heavy (non-hydrogen) atoms. The van der Waals surface area contributed by atoms with Crippen molar-refractivity contribution in [3.63, 3.8) is 0 Å². The fourth-order valence-electron chi connectivity index (χ4n) is 0.553. The molecule has 1 unspecified atom stereocenters. The highest BCUT2D eigenvalue weighted by molar-refractivity contribution is 5.81. The van der Waals surface area contributed by atoms with E-state index in [1.54, 1.807) is 0 Å². The Morgan fingerprint density at radius 3 is 2.85 bits per heavy atom. The maximum absolute atomic E-state index is 10.5. The van der Waals surface area contributed by atoms with Crippen LogP contribution >= 0.6 is 0 Å². The number of methoxy groups -OCH3 is 1. The van der Waals surface area contributed by atoms with E-state index in [0.717, 1.165) is 6.08 Å². The molecule has 0 aromatic carbocycles. The summed E-state index contributed by atoms with van der Waals surface area (Å²) in [7, 11) is 1.48. The molecule has 0 saturated carbocycles. The van der Waals surface area contributed by atoms with Crippen LogP contribution in [0.5, 0.6) is 0 Å². The van der Waals surface area contributed by atoms with Gasteiger partial charge in [-0.15, -0.1) is 0 Å². The summed E-state index contributed by atoms with van der Waals surface area (Å²) in [5.74, 6) is -0.564. The second-order valence-corrected chi connectivity index (χ2v) is 2.27. The first kappa shape index (κ1) is 12.1. The maximum atomic E-state index is 10.5. The minimum atomic E-state index is -0.834. The highest BCUT2D eigenvalue weighted by Crippen LogP contribution is 1.89. The van der Waals surface area contributed by atoms with Gasteiger partial charge in [0.25, 0.3) is 0 Å². The molecule has 0 radical (unpaired) electrons. The molecule has 0 rings (SSSR count). The van der Waals surface area contributed by atoms with Crippen molar-refractivity contribution >= 4 is 5.97 Å². The smallest absolute Gasteiger partial charge is 0.330 e. The molecule has 5 nitrogen and oxygen atoms in total. The average Bonchev–Trinajstić information content (AvgIpc) is 2.14. The van der Waals surface area contributed by atoms with Crippen LogP contribution in [0.3, 0.4) is 0 Å². The van der Waals surface area contributed by atoms with Gasteiger partial charge in [0.15, 0.2) is 0 Å². The molecular weight excluding hydrogens is 176 g/mol. The Kier molecular flexibility index (Phi) is 7.18. The normalized spacial score (nSPS) is 12.2. The summed E-state index contributed by atoms with van der Waals surface area (Å²) < 4.78 is 14.0. The number of aliphatic hydroxyl groups excluding tert-OH is 1. The predicted octanol–water partition coefficient (Wildman–Crippen LogP) is -0.303. The number of ether oxygens (including phenoxy) is 3. The Hall–Kier alpha value is -0.910. The van der Waals surface area contributed by atoms with Crippen LogP contribution in [0.25, 0.3) is 0 Å². The highest BCUT2D eigenvalue weighted by atomic mass is 16.7. The third-order valence-electron chi connectivity index (χ3n) is 1.10. The van der Waals surface area contributed by atoms with Crippen LogP contribution in [0, 0.1) is 0 Å². The van der Waals surface area contributed by atoms with Gasteiger partial charge in [0, 0.05) is 13.2 Å². The van der Waals surface area contributed by atoms with Crippen LogP contribution in [0.15, 0.2) is 12.7 Å². The Morgan fingerprint density at radius 2 is 2.31 bits per heavy atom. The minimum absolute atomic E-state index is 0.0677. The van der Waals surface area contributed by atoms with Crippen LogP contribution < -0.4 is 0 Å². The van der Waals surface area contributed by atoms with E-state index in [4.69, 9.17) is 9.84 Å². The predicted molar refractivity (Wildman–Crippen MR) is 45.0 cm³/mol. The molecular formula is C8H14O5. The first-order valence-electron chi connectivity index (χ1n) is 3.74. The molecule has 1 N–H and O–H groups in total. The number of aliphatic hydroxyl groups is 1. The van der Waals surface area contributed by atoms with E-state index in [0.29, 0.717) is 0 Å². The first-order valence-corrected chi connectivity index (χ1v) is 3.74. The van der Waals surface area contributed by atoms with Gasteiger partial charge in [0.2, 0.25) is 0 Å². The van der Waals surface area contributed by atoms with Gasteiger partial charge in [0.1, 0.15) is 19.5 Å². The van der Waals surface area contributed by atoms with Gasteiger partial charge in [-0.3, -0.25) is 0 Å². The first-order chi connectivity index (χ1) is 6.20. The SMILES string of the molecule is C=CC(=O)OCC(O)COCOC. The molecule has 0 aliphatic carbocycles. The molecule has 0 aromatic rings. The van der Waals surface area contributed by atoms with E-state index in [2.05, 4.69) is 16.1 Å². The second kappa shape index (κ2) is 7.72. The van der Waals surface area contributed by atoms with Gasteiger partial charge in [-0.25, -0.2) is 4.79 Å². The summed E-state index contributed by atoms with van der Waals surface area (Å²) in [6, 6.07) is 0. The summed E-state index contributed by atoms with van der Waals surface area (Å²) in [4.78, 5) is 10.5. The molecule has 5 heteroatoms. The van der Waals surface area contributed by atoms with Gasteiger partial charge in [-0.05, 0) is 0 Å². The number of hydrogen-bond acceptors (Lipinski definition) is 5. The van der Waals surface area contributed by atoms with Crippen LogP contribution in [0.4, 0.5) is 0 Å². The standard InChI is InChI=1S/C8H14O5/c1-3-8(10)13-5-7(9)4-12-6-11-2/h3,7,9H,1,4-6H2,2H3. The Morgan fingerprint density at radius 1 is 1.62 bits per heavy atom. The zero-order chi connectivity index (χ0) is 10.1. The van der Waals surface area contributed by atoms with E-state index in [9.17, 15) is 4.79 Å². The third-order valence-corrected chi connectivity index (χ3v) is 1.10. The topological polar surface area (TPSA) is 65.0 Å². The quantitative estimate of drug-likeness (QED) is 0.258. The van der Waals surface area contributed by atoms with Crippen LogP contribution in [-0.4, -0.2) is 44.3 Å². The van der Waals surface area contributed by atoms with E-state index in [1.807, 2.05) is 0 Å². The Balaban J connectivity index is 3.34. The van der Waals surface area contributed by atoms with Crippen LogP contribution in [0.1, 0.15) is 0 Å². The zero-order valence-corrected chi connectivity index (χ0v) is 7.56. The number of carbonyl (C=O) groups is 1. The maximum Gasteiger partial charge on any atom is 0.330 e. The molecule has 0 heterocycles. The minimum Gasteiger partial charge on any atom is -0.460 e. The van der Waals surface area contributed by atoms with E-state index in [-0.39, 0.29) is 20.0 Å². The lowest BCUT2D eigenvalue weighted by atomic mass is 10.4. The lowest BCUT2D eigenvalue weighted by molar-refractivity contribution is -0.143. The number of carbonyl (C=O) groups excluding carboxylic acids is 1. The van der Waals surface area contributed by atoms with Crippen molar-refractivity contribution in [2.75, 3.05) is 27.1 Å². The number of rotatable bonds is 7. The lowest BCUT2D eigenvalue weighted by Crippen LogP contribution is -2.23. The zero-order valence-electron chi connectivity index (χ0n) is 7.56. The number of esters is 1. The Labute approximate surface area is 76.9 Å². The molecule has 0 fully saturated rings. The fourth-order valence-corrected chi connectivity index (χ4v) is 0.553. The van der Waals surface area contributed by atoms with Crippen molar-refractivity contribution in [2.45, 2.75) is 6.10 Å². The van der Waals surface area contributed by atoms with E-state index in [1.165, 1.54) is 7.11 Å². The van der Waals surface area contributed by atoms with Crippen molar-refractivity contribution in [1.29, 1.82) is 0 Å². The van der Waals surface area contributed by atoms with E-state index < -0.39 is 12.1 Å². The summed E-state index contributed by atoms with van der Waals surface area (Å²) in [6.45, 7) is 3.28. The third kappa shape index (κ3) is 7.45. The summed E-state index contributed by atoms with van der Waals surface area (Å²) in [6.07, 6.45) is 0.196. The van der Waals surface area contributed by atoms with Gasteiger partial charge >= 0.3 is 5.97 Å². The fraction of sp³-hybridized carbons (Fsp3) is 0.625. The molecule has 0 saturated heterocycles. The highest BCUT2D eigenvalue weighted by Gasteiger charge is 2.06. The summed E-state index contributed by atoms with van der Waals surface area (Å²) in [5.41, 5.74) is 0. The summed E-state index contributed by atoms with van der Waals surface area (Å²) >= 11 is 0. The van der Waals surface area contributed by atoms with Crippen molar-refractivity contribution < 1.29 is 24.1 Å². The monoisotopic (exact) mass is 190 g/mol. The van der Waals surface area contributed by atoms with Crippen molar-refractivity contribution in [2.24, 2.45) is 0 Å². The number of hydrogen-bond donors (Lipinski definition) is 1. The molecule has 1 atom stereocenters.